The van der Waals surface area contributed by atoms with Gasteiger partial charge < -0.3 is 15.4 Å². The highest BCUT2D eigenvalue weighted by Gasteiger charge is 2.49. The van der Waals surface area contributed by atoms with Gasteiger partial charge in [-0.25, -0.2) is 9.78 Å². The maximum absolute atomic E-state index is 13.0. The highest BCUT2D eigenvalue weighted by atomic mass is 16.5. The molecule has 1 fully saturated rings. The molecule has 4 rings (SSSR count). The predicted octanol–water partition coefficient (Wildman–Crippen LogP) is 3.46. The van der Waals surface area contributed by atoms with Crippen LogP contribution in [0.15, 0.2) is 66.9 Å². The van der Waals surface area contributed by atoms with Crippen molar-refractivity contribution in [1.29, 1.82) is 5.26 Å². The molecule has 3 aromatic rings. The number of carbonyl (C=O) groups excluding carboxylic acids is 3. The molecule has 9 heteroatoms. The second-order valence-electron chi connectivity index (χ2n) is 7.91. The van der Waals surface area contributed by atoms with E-state index in [1.807, 2.05) is 12.1 Å². The van der Waals surface area contributed by atoms with Gasteiger partial charge in [-0.2, -0.15) is 5.26 Å². The molecule has 0 saturated carbocycles. The number of hydrogen-bond donors (Lipinski definition) is 2. The molecule has 1 unspecified atom stereocenters. The van der Waals surface area contributed by atoms with Gasteiger partial charge in [0.2, 0.25) is 11.8 Å². The zero-order valence-electron chi connectivity index (χ0n) is 18.5. The Hall–Kier alpha value is -4.71. The van der Waals surface area contributed by atoms with Gasteiger partial charge in [0.05, 0.1) is 0 Å². The first kappa shape index (κ1) is 22.5. The molecule has 0 radical (unpaired) electrons. The number of aromatic nitrogens is 1. The predicted molar refractivity (Wildman–Crippen MR) is 123 cm³/mol. The van der Waals surface area contributed by atoms with Crippen molar-refractivity contribution >= 4 is 23.5 Å². The third-order valence-corrected chi connectivity index (χ3v) is 5.51. The number of rotatable bonds is 6. The van der Waals surface area contributed by atoms with Crippen molar-refractivity contribution in [2.75, 3.05) is 11.9 Å². The number of benzene rings is 2. The normalized spacial score (nSPS) is 17.1. The quantitative estimate of drug-likeness (QED) is 0.549. The number of imide groups is 1. The van der Waals surface area contributed by atoms with E-state index >= 15 is 0 Å². The number of amides is 4. The summed E-state index contributed by atoms with van der Waals surface area (Å²) in [7, 11) is 0. The third kappa shape index (κ3) is 4.29. The lowest BCUT2D eigenvalue weighted by Crippen LogP contribution is -2.42. The van der Waals surface area contributed by atoms with Crippen molar-refractivity contribution in [2.45, 2.75) is 19.4 Å². The molecule has 0 aliphatic carbocycles. The van der Waals surface area contributed by atoms with Gasteiger partial charge in [-0.15, -0.1) is 0 Å². The summed E-state index contributed by atoms with van der Waals surface area (Å²) in [6, 6.07) is 18.4. The highest BCUT2D eigenvalue weighted by Crippen LogP contribution is 2.29. The van der Waals surface area contributed by atoms with Crippen LogP contribution in [-0.2, 0) is 15.1 Å². The molecule has 2 aromatic carbocycles. The maximum Gasteiger partial charge on any atom is 0.325 e. The minimum atomic E-state index is -1.23. The first-order valence-electron chi connectivity index (χ1n) is 10.4. The van der Waals surface area contributed by atoms with Gasteiger partial charge >= 0.3 is 6.03 Å². The number of ether oxygens (including phenoxy) is 1. The van der Waals surface area contributed by atoms with Gasteiger partial charge in [0.1, 0.15) is 29.5 Å². The van der Waals surface area contributed by atoms with Gasteiger partial charge in [-0.1, -0.05) is 30.3 Å². The summed E-state index contributed by atoms with van der Waals surface area (Å²) >= 11 is 0. The summed E-state index contributed by atoms with van der Waals surface area (Å²) in [6.07, 6.45) is 1.52. The lowest BCUT2D eigenvalue weighted by atomic mass is 9.92. The number of nitrogens with one attached hydrogen (secondary N) is 2. The van der Waals surface area contributed by atoms with Crippen LogP contribution in [0.1, 0.15) is 23.6 Å². The largest absolute Gasteiger partial charge is 0.438 e. The monoisotopic (exact) mass is 455 g/mol. The van der Waals surface area contributed by atoms with Crippen molar-refractivity contribution in [1.82, 2.24) is 15.2 Å². The van der Waals surface area contributed by atoms with E-state index in [1.54, 1.807) is 68.4 Å². The number of urea groups is 1. The summed E-state index contributed by atoms with van der Waals surface area (Å²) in [4.78, 5) is 43.1. The fourth-order valence-electron chi connectivity index (χ4n) is 3.65. The Kier molecular flexibility index (Phi) is 5.97. The smallest absolute Gasteiger partial charge is 0.325 e. The number of hydrogen-bond acceptors (Lipinski definition) is 6. The molecule has 1 atom stereocenters. The van der Waals surface area contributed by atoms with Gasteiger partial charge in [0, 0.05) is 11.9 Å². The van der Waals surface area contributed by atoms with Crippen molar-refractivity contribution in [3.05, 3.63) is 83.6 Å². The molecule has 1 aliphatic heterocycles. The van der Waals surface area contributed by atoms with E-state index in [1.165, 1.54) is 6.20 Å². The van der Waals surface area contributed by atoms with E-state index in [4.69, 9.17) is 4.74 Å². The fourth-order valence-corrected chi connectivity index (χ4v) is 3.65. The topological polar surface area (TPSA) is 124 Å². The third-order valence-electron chi connectivity index (χ3n) is 5.51. The maximum atomic E-state index is 13.0. The minimum absolute atomic E-state index is 0.182. The van der Waals surface area contributed by atoms with Crippen molar-refractivity contribution < 1.29 is 19.1 Å². The Balaban J connectivity index is 1.44. The molecule has 0 bridgehead atoms. The van der Waals surface area contributed by atoms with Crippen LogP contribution in [0.4, 0.5) is 10.5 Å². The summed E-state index contributed by atoms with van der Waals surface area (Å²) in [5, 5.41) is 14.6. The van der Waals surface area contributed by atoms with Crippen LogP contribution < -0.4 is 15.4 Å². The molecular formula is C25H21N5O4. The van der Waals surface area contributed by atoms with Crippen molar-refractivity contribution in [3.63, 3.8) is 0 Å². The Morgan fingerprint density at radius 2 is 1.94 bits per heavy atom. The van der Waals surface area contributed by atoms with Gasteiger partial charge in [-0.05, 0) is 55.3 Å². The second kappa shape index (κ2) is 9.03. The van der Waals surface area contributed by atoms with Crippen LogP contribution in [0.2, 0.25) is 0 Å². The van der Waals surface area contributed by atoms with Gasteiger partial charge in [0.25, 0.3) is 5.91 Å². The lowest BCUT2D eigenvalue weighted by Gasteiger charge is -2.22. The number of nitriles is 1. The van der Waals surface area contributed by atoms with Crippen molar-refractivity contribution in [3.8, 4) is 17.7 Å². The van der Waals surface area contributed by atoms with E-state index in [0.717, 1.165) is 4.90 Å². The Labute approximate surface area is 196 Å². The number of aryl methyl sites for hydroxylation is 1. The molecule has 1 saturated heterocycles. The molecule has 2 heterocycles. The molecule has 170 valence electrons. The zero-order chi connectivity index (χ0) is 24.3. The van der Waals surface area contributed by atoms with E-state index in [-0.39, 0.29) is 5.88 Å². The minimum Gasteiger partial charge on any atom is -0.438 e. The SMILES string of the molecule is Cc1cc(Oc2ncccc2C#N)ccc1NC(=O)CN1C(=O)NC(C)(c2ccccc2)C1=O. The standard InChI is InChI=1S/C25H21N5O4/c1-16-13-19(34-22-17(14-26)7-6-12-27-22)10-11-20(16)28-21(31)15-30-23(32)25(2,29-24(30)33)18-8-4-3-5-9-18/h3-13H,15H2,1-2H3,(H,28,31)(H,29,33). The lowest BCUT2D eigenvalue weighted by molar-refractivity contribution is -0.133. The van der Waals surface area contributed by atoms with E-state index in [0.29, 0.717) is 28.1 Å². The Bertz CT molecular complexity index is 1320. The Morgan fingerprint density at radius 3 is 2.65 bits per heavy atom. The van der Waals surface area contributed by atoms with Crippen molar-refractivity contribution in [2.24, 2.45) is 0 Å². The van der Waals surface area contributed by atoms with Crippen LogP contribution in [0.5, 0.6) is 11.6 Å². The molecule has 9 nitrogen and oxygen atoms in total. The highest BCUT2D eigenvalue weighted by molar-refractivity contribution is 6.10. The number of carbonyl (C=O) groups is 3. The van der Waals surface area contributed by atoms with Crippen LogP contribution in [0.25, 0.3) is 0 Å². The molecule has 4 amide bonds. The Morgan fingerprint density at radius 1 is 1.18 bits per heavy atom. The summed E-state index contributed by atoms with van der Waals surface area (Å²) in [5.41, 5.74) is 0.883. The summed E-state index contributed by atoms with van der Waals surface area (Å²) in [6.45, 7) is 2.96. The van der Waals surface area contributed by atoms with Crippen LogP contribution in [-0.4, -0.2) is 34.3 Å². The molecule has 34 heavy (non-hydrogen) atoms. The first-order chi connectivity index (χ1) is 16.3. The number of pyridine rings is 1. The second-order valence-corrected chi connectivity index (χ2v) is 7.91. The van der Waals surface area contributed by atoms with Crippen LogP contribution >= 0.6 is 0 Å². The van der Waals surface area contributed by atoms with Gasteiger partial charge in [0.15, 0.2) is 0 Å². The first-order valence-corrected chi connectivity index (χ1v) is 10.4. The van der Waals surface area contributed by atoms with E-state index in [9.17, 15) is 19.6 Å². The van der Waals surface area contributed by atoms with Crippen LogP contribution in [0.3, 0.4) is 0 Å². The number of anilines is 1. The average molecular weight is 455 g/mol. The number of nitrogens with zero attached hydrogens (tertiary/aromatic N) is 3. The molecular weight excluding hydrogens is 434 g/mol. The van der Waals surface area contributed by atoms with Gasteiger partial charge in [-0.3, -0.25) is 14.5 Å². The molecule has 1 aromatic heterocycles. The fraction of sp³-hybridized carbons (Fsp3) is 0.160. The average Bonchev–Trinajstić information content (AvgIpc) is 3.05. The summed E-state index contributed by atoms with van der Waals surface area (Å²) < 4.78 is 5.69. The summed E-state index contributed by atoms with van der Waals surface area (Å²) in [5.74, 6) is -0.392. The van der Waals surface area contributed by atoms with E-state index < -0.39 is 29.9 Å². The molecule has 0 spiro atoms. The van der Waals surface area contributed by atoms with E-state index in [2.05, 4.69) is 15.6 Å². The molecule has 2 N–H and O–H groups in total. The molecule has 1 aliphatic rings. The van der Waals surface area contributed by atoms with Crippen LogP contribution in [0, 0.1) is 18.3 Å². The zero-order valence-corrected chi connectivity index (χ0v) is 18.5.